The van der Waals surface area contributed by atoms with Gasteiger partial charge in [0.1, 0.15) is 5.71 Å². The van der Waals surface area contributed by atoms with Gasteiger partial charge < -0.3 is 5.32 Å². The minimum Gasteiger partial charge on any atom is -0.322 e. The van der Waals surface area contributed by atoms with Gasteiger partial charge in [-0.05, 0) is 42.5 Å². The highest BCUT2D eigenvalue weighted by Gasteiger charge is 2.49. The Morgan fingerprint density at radius 1 is 1.37 bits per heavy atom. The normalized spacial score (nSPS) is 18.9. The molecule has 142 valence electrons. The van der Waals surface area contributed by atoms with E-state index in [9.17, 15) is 14.4 Å². The maximum atomic E-state index is 12.9. The number of allylic oxidation sites excluding steroid dienone is 1. The Morgan fingerprint density at radius 2 is 2.15 bits per heavy atom. The first kappa shape index (κ1) is 19.6. The summed E-state index contributed by atoms with van der Waals surface area (Å²) in [6.07, 6.45) is 3.35. The van der Waals surface area contributed by atoms with E-state index in [0.717, 1.165) is 18.4 Å². The van der Waals surface area contributed by atoms with Crippen LogP contribution in [0.4, 0.5) is 10.5 Å². The summed E-state index contributed by atoms with van der Waals surface area (Å²) in [5.74, 6) is -0.546. The zero-order valence-electron chi connectivity index (χ0n) is 15.2. The van der Waals surface area contributed by atoms with E-state index in [1.54, 1.807) is 29.7 Å². The van der Waals surface area contributed by atoms with Gasteiger partial charge in [0.05, 0.1) is 6.54 Å². The topological polar surface area (TPSA) is 69.5 Å². The Hall–Kier alpha value is -2.12. The minimum absolute atomic E-state index is 0.155. The molecule has 0 saturated heterocycles. The van der Waals surface area contributed by atoms with Crippen LogP contribution in [0.15, 0.2) is 29.7 Å². The van der Waals surface area contributed by atoms with E-state index in [0.29, 0.717) is 23.0 Å². The number of imide groups is 1. The molecule has 0 aliphatic carbocycles. The maximum absolute atomic E-state index is 12.9. The number of rotatable bonds is 6. The average molecular weight is 407 g/mol. The van der Waals surface area contributed by atoms with E-state index in [-0.39, 0.29) is 18.4 Å². The van der Waals surface area contributed by atoms with Crippen molar-refractivity contribution < 1.29 is 19.0 Å². The van der Waals surface area contributed by atoms with Gasteiger partial charge in [-0.3, -0.25) is 4.79 Å². The van der Waals surface area contributed by atoms with Crippen LogP contribution in [0.5, 0.6) is 0 Å². The standard InChI is InChI=1S/C19H20ClN3O3S/c1-3-4-9-22-18(25)17-15(8-10-27-17)23(19(22)26)11-16(24)21-14-7-5-6-13(20)12(14)2/h5-8,10,17H,3-4,9,11H2,1-2H3/p+1. The van der Waals surface area contributed by atoms with Crippen LogP contribution in [0, 0.1) is 6.92 Å². The number of carbonyl (C=O) groups is 3. The summed E-state index contributed by atoms with van der Waals surface area (Å²) in [6, 6.07) is 4.82. The molecule has 1 aromatic rings. The van der Waals surface area contributed by atoms with Crippen LogP contribution >= 0.6 is 23.4 Å². The van der Waals surface area contributed by atoms with Crippen molar-refractivity contribution in [2.75, 3.05) is 18.4 Å². The summed E-state index contributed by atoms with van der Waals surface area (Å²) < 4.78 is 1.40. The Balaban J connectivity index is 1.83. The van der Waals surface area contributed by atoms with Crippen LogP contribution in [0.3, 0.4) is 0 Å². The van der Waals surface area contributed by atoms with Gasteiger partial charge in [0.2, 0.25) is 0 Å². The van der Waals surface area contributed by atoms with Crippen molar-refractivity contribution in [2.45, 2.75) is 31.9 Å². The van der Waals surface area contributed by atoms with Crippen molar-refractivity contribution in [3.63, 3.8) is 0 Å². The predicted octanol–water partition coefficient (Wildman–Crippen LogP) is 3.43. The molecule has 0 saturated carbocycles. The Labute approximate surface area is 167 Å². The number of fused-ring (bicyclic) bond motifs is 1. The lowest BCUT2D eigenvalue weighted by Crippen LogP contribution is -2.56. The van der Waals surface area contributed by atoms with Crippen LogP contribution in [0.2, 0.25) is 5.02 Å². The molecule has 1 atom stereocenters. The number of thioether (sulfide) groups is 1. The van der Waals surface area contributed by atoms with Gasteiger partial charge in [0.15, 0.2) is 11.8 Å². The van der Waals surface area contributed by atoms with Gasteiger partial charge in [-0.1, -0.05) is 31.0 Å². The van der Waals surface area contributed by atoms with Crippen molar-refractivity contribution >= 4 is 52.6 Å². The summed E-state index contributed by atoms with van der Waals surface area (Å²) in [4.78, 5) is 39.3. The SMILES string of the molecule is CCCCN1C(=O)C2SC=CC2=[N+](CC(=O)Nc2cccc(Cl)c2C)C1=O. The summed E-state index contributed by atoms with van der Waals surface area (Å²) in [5.41, 5.74) is 1.94. The van der Waals surface area contributed by atoms with Gasteiger partial charge in [-0.15, -0.1) is 11.8 Å². The lowest BCUT2D eigenvalue weighted by atomic mass is 10.1. The Kier molecular flexibility index (Phi) is 6.01. The van der Waals surface area contributed by atoms with Crippen LogP contribution in [-0.4, -0.2) is 51.4 Å². The number of amides is 4. The molecule has 1 unspecified atom stereocenters. The molecule has 8 heteroatoms. The van der Waals surface area contributed by atoms with E-state index in [1.165, 1.54) is 21.2 Å². The molecular weight excluding hydrogens is 386 g/mol. The molecule has 4 amide bonds. The Morgan fingerprint density at radius 3 is 2.89 bits per heavy atom. The zero-order chi connectivity index (χ0) is 19.6. The molecule has 2 aliphatic heterocycles. The van der Waals surface area contributed by atoms with Gasteiger partial charge in [0.25, 0.3) is 5.91 Å². The molecule has 2 aliphatic rings. The van der Waals surface area contributed by atoms with Gasteiger partial charge in [-0.25, -0.2) is 4.79 Å². The molecular formula is C19H21ClN3O3S+. The zero-order valence-corrected chi connectivity index (χ0v) is 16.8. The third-order valence-corrected chi connectivity index (χ3v) is 5.98. The lowest BCUT2D eigenvalue weighted by molar-refractivity contribution is -0.425. The number of halogens is 1. The number of nitrogens with one attached hydrogen (secondary N) is 1. The molecule has 1 aromatic carbocycles. The van der Waals surface area contributed by atoms with Crippen molar-refractivity contribution in [1.82, 2.24) is 4.90 Å². The first-order valence-corrected chi connectivity index (χ1v) is 10.1. The van der Waals surface area contributed by atoms with Crippen LogP contribution in [-0.2, 0) is 9.59 Å². The molecule has 0 spiro atoms. The van der Waals surface area contributed by atoms with Crippen molar-refractivity contribution in [3.8, 4) is 0 Å². The molecule has 3 rings (SSSR count). The fourth-order valence-corrected chi connectivity index (χ4v) is 4.15. The highest BCUT2D eigenvalue weighted by atomic mass is 35.5. The second kappa shape index (κ2) is 8.27. The molecule has 0 radical (unpaired) electrons. The molecule has 2 heterocycles. The predicted molar refractivity (Wildman–Crippen MR) is 107 cm³/mol. The van der Waals surface area contributed by atoms with Crippen LogP contribution < -0.4 is 5.32 Å². The van der Waals surface area contributed by atoms with Crippen molar-refractivity contribution in [1.29, 1.82) is 0 Å². The highest BCUT2D eigenvalue weighted by Crippen LogP contribution is 2.28. The summed E-state index contributed by atoms with van der Waals surface area (Å²) >= 11 is 7.45. The molecule has 0 bridgehead atoms. The lowest BCUT2D eigenvalue weighted by Gasteiger charge is -2.24. The summed E-state index contributed by atoms with van der Waals surface area (Å²) in [6.45, 7) is 4.03. The van der Waals surface area contributed by atoms with E-state index in [1.807, 2.05) is 13.8 Å². The molecule has 27 heavy (non-hydrogen) atoms. The maximum Gasteiger partial charge on any atom is 0.501 e. The van der Waals surface area contributed by atoms with Crippen molar-refractivity contribution in [2.24, 2.45) is 0 Å². The first-order chi connectivity index (χ1) is 12.9. The van der Waals surface area contributed by atoms with E-state index >= 15 is 0 Å². The first-order valence-electron chi connectivity index (χ1n) is 8.80. The number of hydrogen-bond acceptors (Lipinski definition) is 4. The number of anilines is 1. The Bertz CT molecular complexity index is 866. The van der Waals surface area contributed by atoms with Crippen molar-refractivity contribution in [3.05, 3.63) is 40.3 Å². The van der Waals surface area contributed by atoms with E-state index < -0.39 is 11.3 Å². The third kappa shape index (κ3) is 3.94. The summed E-state index contributed by atoms with van der Waals surface area (Å²) in [5, 5.41) is 4.70. The molecule has 0 fully saturated rings. The van der Waals surface area contributed by atoms with Crippen LogP contribution in [0.1, 0.15) is 25.3 Å². The number of hydrogen-bond donors (Lipinski definition) is 1. The highest BCUT2D eigenvalue weighted by molar-refractivity contribution is 8.04. The quantitative estimate of drug-likeness (QED) is 0.735. The van der Waals surface area contributed by atoms with Gasteiger partial charge in [0, 0.05) is 10.7 Å². The molecule has 1 N–H and O–H groups in total. The summed E-state index contributed by atoms with van der Waals surface area (Å²) in [7, 11) is 0. The molecule has 0 aromatic heterocycles. The molecule has 6 nitrogen and oxygen atoms in total. The number of carbonyl (C=O) groups excluding carboxylic acids is 3. The number of nitrogens with zero attached hydrogens (tertiary/aromatic N) is 2. The third-order valence-electron chi connectivity index (χ3n) is 4.56. The minimum atomic E-state index is -0.458. The van der Waals surface area contributed by atoms with E-state index in [4.69, 9.17) is 11.6 Å². The van der Waals surface area contributed by atoms with E-state index in [2.05, 4.69) is 5.32 Å². The van der Waals surface area contributed by atoms with Gasteiger partial charge >= 0.3 is 11.9 Å². The second-order valence-corrected chi connectivity index (χ2v) is 7.84. The fraction of sp³-hybridized carbons (Fsp3) is 0.368. The van der Waals surface area contributed by atoms with Crippen LogP contribution in [0.25, 0.3) is 0 Å². The average Bonchev–Trinajstić information content (AvgIpc) is 3.12. The number of unbranched alkanes of at least 4 members (excludes halogenated alkanes) is 1. The number of urea groups is 1. The largest absolute Gasteiger partial charge is 0.501 e. The van der Waals surface area contributed by atoms with Gasteiger partial charge in [-0.2, -0.15) is 14.3 Å². The smallest absolute Gasteiger partial charge is 0.322 e. The monoisotopic (exact) mass is 406 g/mol. The second-order valence-electron chi connectivity index (χ2n) is 6.42. The fourth-order valence-electron chi connectivity index (χ4n) is 3.01. The number of benzene rings is 1.